The summed E-state index contributed by atoms with van der Waals surface area (Å²) in [5, 5.41) is 8.38. The van der Waals surface area contributed by atoms with Gasteiger partial charge in [-0.25, -0.2) is 4.98 Å². The molecular formula is C25H24F3N6O2+. The van der Waals surface area contributed by atoms with E-state index < -0.39 is 18.6 Å². The van der Waals surface area contributed by atoms with Crippen LogP contribution in [0.5, 0.6) is 0 Å². The molecule has 1 aromatic heterocycles. The molecule has 1 amide bonds. The minimum absolute atomic E-state index is 0.145. The third-order valence-corrected chi connectivity index (χ3v) is 6.29. The van der Waals surface area contributed by atoms with Crippen molar-refractivity contribution >= 4 is 23.0 Å². The fourth-order valence-corrected chi connectivity index (χ4v) is 4.58. The minimum atomic E-state index is -4.55. The van der Waals surface area contributed by atoms with Crippen molar-refractivity contribution in [3.8, 4) is 0 Å². The van der Waals surface area contributed by atoms with Gasteiger partial charge in [0.2, 0.25) is 5.70 Å². The predicted molar refractivity (Wildman–Crippen MR) is 126 cm³/mol. The number of imidazole rings is 1. The molecule has 3 heterocycles. The molecule has 1 unspecified atom stereocenters. The van der Waals surface area contributed by atoms with E-state index in [0.29, 0.717) is 29.9 Å². The molecule has 186 valence electrons. The monoisotopic (exact) mass is 497 g/mol. The standard InChI is InChI=1S/C25H24F3N6O2/c1-16-12-32(15-29-16)21-9-8-18(11-23(21)36-2)19-13-34(31-30-19)22-10-7-17-5-3-4-6-20(17)33(24(22)35)14-25(26,27)28/h3-6,9,11-13,15,18H,7-8,10,14H2,1-2H3/q+1/b34-22+. The first-order valence-corrected chi connectivity index (χ1v) is 11.5. The molecule has 0 fully saturated rings. The third kappa shape index (κ3) is 4.60. The van der Waals surface area contributed by atoms with Crippen molar-refractivity contribution in [2.75, 3.05) is 18.6 Å². The van der Waals surface area contributed by atoms with Gasteiger partial charge in [-0.05, 0) is 37.5 Å². The highest BCUT2D eigenvalue weighted by Gasteiger charge is 2.40. The number of hydrogen-bond donors (Lipinski definition) is 0. The number of hydrogen-bond acceptors (Lipinski definition) is 5. The number of carbonyl (C=O) groups excluding carboxylic acids is 1. The lowest BCUT2D eigenvalue weighted by atomic mass is 9.95. The Morgan fingerprint density at radius 3 is 2.75 bits per heavy atom. The summed E-state index contributed by atoms with van der Waals surface area (Å²) in [7, 11) is 1.58. The van der Waals surface area contributed by atoms with Gasteiger partial charge in [-0.2, -0.15) is 13.2 Å². The molecule has 11 heteroatoms. The van der Waals surface area contributed by atoms with Crippen LogP contribution in [0.15, 0.2) is 76.9 Å². The Kier molecular flexibility index (Phi) is 6.07. The quantitative estimate of drug-likeness (QED) is 0.570. The number of nitrogens with zero attached hydrogens (tertiary/aromatic N) is 6. The summed E-state index contributed by atoms with van der Waals surface area (Å²) in [6.07, 6.45) is 5.86. The van der Waals surface area contributed by atoms with E-state index in [2.05, 4.69) is 15.3 Å². The van der Waals surface area contributed by atoms with E-state index in [4.69, 9.17) is 4.74 Å². The van der Waals surface area contributed by atoms with Crippen molar-refractivity contribution in [2.24, 2.45) is 16.3 Å². The van der Waals surface area contributed by atoms with E-state index >= 15 is 0 Å². The number of benzene rings is 1. The molecule has 0 spiro atoms. The fourth-order valence-electron chi connectivity index (χ4n) is 4.58. The average molecular weight is 498 g/mol. The van der Waals surface area contributed by atoms with Gasteiger partial charge in [0.05, 0.1) is 35.9 Å². The Balaban J connectivity index is 1.45. The van der Waals surface area contributed by atoms with E-state index in [1.807, 2.05) is 29.8 Å². The molecule has 0 bridgehead atoms. The number of carbonyl (C=O) groups is 1. The number of amides is 1. The number of halogens is 3. The van der Waals surface area contributed by atoms with Crippen LogP contribution in [0.25, 0.3) is 5.70 Å². The highest BCUT2D eigenvalue weighted by Crippen LogP contribution is 2.34. The van der Waals surface area contributed by atoms with Gasteiger partial charge in [-0.15, -0.1) is 0 Å². The van der Waals surface area contributed by atoms with Crippen LogP contribution in [0.2, 0.25) is 0 Å². The second-order valence-electron chi connectivity index (χ2n) is 8.76. The first kappa shape index (κ1) is 23.7. The molecule has 0 N–H and O–H groups in total. The number of para-hydroxylation sites is 1. The van der Waals surface area contributed by atoms with Crippen LogP contribution >= 0.6 is 0 Å². The van der Waals surface area contributed by atoms with Gasteiger partial charge in [-0.3, -0.25) is 9.69 Å². The van der Waals surface area contributed by atoms with E-state index in [9.17, 15) is 18.0 Å². The highest BCUT2D eigenvalue weighted by atomic mass is 19.4. The minimum Gasteiger partial charge on any atom is -0.495 e. The van der Waals surface area contributed by atoms with Gasteiger partial charge in [0.25, 0.3) is 5.91 Å². The van der Waals surface area contributed by atoms with Crippen LogP contribution in [0, 0.1) is 12.8 Å². The summed E-state index contributed by atoms with van der Waals surface area (Å²) >= 11 is 0. The van der Waals surface area contributed by atoms with E-state index in [0.717, 1.165) is 16.3 Å². The zero-order chi connectivity index (χ0) is 25.4. The SMILES string of the molecule is COC1=CC(C2=C/[N+](=C3/CCc4ccccc4N(CC(F)(F)F)C3=O)N=N2)CC=C1n1cnc(C)c1. The molecule has 2 aliphatic heterocycles. The van der Waals surface area contributed by atoms with E-state index in [-0.39, 0.29) is 23.7 Å². The smallest absolute Gasteiger partial charge is 0.406 e. The van der Waals surface area contributed by atoms with Crippen LogP contribution in [0.3, 0.4) is 0 Å². The summed E-state index contributed by atoms with van der Waals surface area (Å²) in [5.41, 5.74) is 3.41. The fraction of sp³-hybridized carbons (Fsp3) is 0.320. The number of anilines is 1. The topological polar surface area (TPSA) is 75.1 Å². The van der Waals surface area contributed by atoms with Gasteiger partial charge in [0.1, 0.15) is 17.5 Å². The van der Waals surface area contributed by atoms with Crippen LogP contribution in [-0.2, 0) is 16.0 Å². The van der Waals surface area contributed by atoms with Crippen LogP contribution in [0.4, 0.5) is 18.9 Å². The van der Waals surface area contributed by atoms with Gasteiger partial charge in [-0.1, -0.05) is 29.0 Å². The van der Waals surface area contributed by atoms with Gasteiger partial charge < -0.3 is 9.30 Å². The van der Waals surface area contributed by atoms with Crippen molar-refractivity contribution in [1.82, 2.24) is 9.55 Å². The van der Waals surface area contributed by atoms with Crippen LogP contribution in [0.1, 0.15) is 24.1 Å². The molecule has 1 aromatic carbocycles. The number of aromatic nitrogens is 2. The first-order chi connectivity index (χ1) is 17.2. The highest BCUT2D eigenvalue weighted by molar-refractivity contribution is 6.42. The Labute approximate surface area is 205 Å². The summed E-state index contributed by atoms with van der Waals surface area (Å²) < 4.78 is 48.9. The molecular weight excluding hydrogens is 473 g/mol. The Hall–Kier alpha value is -4.02. The molecule has 3 aliphatic rings. The molecule has 1 aliphatic carbocycles. The Morgan fingerprint density at radius 1 is 1.22 bits per heavy atom. The predicted octanol–water partition coefficient (Wildman–Crippen LogP) is 4.80. The van der Waals surface area contributed by atoms with Gasteiger partial charge in [0.15, 0.2) is 11.9 Å². The summed E-state index contributed by atoms with van der Waals surface area (Å²) in [6, 6.07) is 6.67. The lowest BCUT2D eigenvalue weighted by Crippen LogP contribution is -2.43. The lowest BCUT2D eigenvalue weighted by molar-refractivity contribution is -0.464. The largest absolute Gasteiger partial charge is 0.495 e. The number of ether oxygens (including phenoxy) is 1. The van der Waals surface area contributed by atoms with Crippen LogP contribution < -0.4 is 4.90 Å². The second-order valence-corrected chi connectivity index (χ2v) is 8.76. The number of aryl methyl sites for hydroxylation is 2. The number of alkyl halides is 3. The molecule has 0 saturated heterocycles. The first-order valence-electron chi connectivity index (χ1n) is 11.5. The normalized spacial score (nSPS) is 22.1. The van der Waals surface area contributed by atoms with Gasteiger partial charge >= 0.3 is 6.18 Å². The van der Waals surface area contributed by atoms with Crippen molar-refractivity contribution in [3.05, 3.63) is 77.9 Å². The maximum absolute atomic E-state index is 13.4. The van der Waals surface area contributed by atoms with E-state index in [1.54, 1.807) is 43.9 Å². The van der Waals surface area contributed by atoms with Crippen molar-refractivity contribution < 1.29 is 27.4 Å². The lowest BCUT2D eigenvalue weighted by Gasteiger charge is -2.23. The van der Waals surface area contributed by atoms with Gasteiger partial charge in [0, 0.05) is 18.3 Å². The molecule has 2 aromatic rings. The second kappa shape index (κ2) is 9.21. The zero-order valence-electron chi connectivity index (χ0n) is 19.7. The third-order valence-electron chi connectivity index (χ3n) is 6.29. The van der Waals surface area contributed by atoms with E-state index in [1.165, 1.54) is 4.68 Å². The summed E-state index contributed by atoms with van der Waals surface area (Å²) in [6.45, 7) is 0.524. The summed E-state index contributed by atoms with van der Waals surface area (Å²) in [5.74, 6) is -0.265. The van der Waals surface area contributed by atoms with Crippen molar-refractivity contribution in [1.29, 1.82) is 0 Å². The number of rotatable bonds is 4. The van der Waals surface area contributed by atoms with Crippen LogP contribution in [-0.4, -0.2) is 45.7 Å². The molecule has 8 nitrogen and oxygen atoms in total. The zero-order valence-corrected chi connectivity index (χ0v) is 19.7. The Bertz CT molecular complexity index is 1370. The number of allylic oxidation sites excluding steroid dienone is 3. The maximum atomic E-state index is 13.4. The molecule has 1 atom stereocenters. The molecule has 5 rings (SSSR count). The molecule has 0 radical (unpaired) electrons. The molecule has 36 heavy (non-hydrogen) atoms. The van der Waals surface area contributed by atoms with Crippen molar-refractivity contribution in [3.63, 3.8) is 0 Å². The van der Waals surface area contributed by atoms with Crippen molar-refractivity contribution in [2.45, 2.75) is 32.4 Å². The molecule has 0 saturated carbocycles. The Morgan fingerprint density at radius 2 is 2.03 bits per heavy atom. The summed E-state index contributed by atoms with van der Waals surface area (Å²) in [4.78, 5) is 18.4. The number of methoxy groups -OCH3 is 1. The maximum Gasteiger partial charge on any atom is 0.406 e. The number of fused-ring (bicyclic) bond motifs is 1. The average Bonchev–Trinajstić information content (AvgIpc) is 3.49.